The van der Waals surface area contributed by atoms with Gasteiger partial charge in [-0.3, -0.25) is 4.79 Å². The Bertz CT molecular complexity index is 788. The third-order valence-electron chi connectivity index (χ3n) is 4.68. The van der Waals surface area contributed by atoms with E-state index in [1.165, 1.54) is 0 Å². The second-order valence-electron chi connectivity index (χ2n) is 7.02. The van der Waals surface area contributed by atoms with Gasteiger partial charge in [0.15, 0.2) is 5.15 Å². The van der Waals surface area contributed by atoms with Crippen molar-refractivity contribution in [1.29, 1.82) is 0 Å². The molecule has 176 valence electrons. The number of amides is 1. The Labute approximate surface area is 194 Å². The van der Waals surface area contributed by atoms with Gasteiger partial charge in [0.2, 0.25) is 5.88 Å². The fourth-order valence-electron chi connectivity index (χ4n) is 2.80. The molecule has 1 aromatic carbocycles. The number of nitrogens with zero attached hydrogens (tertiary/aromatic N) is 3. The number of carbonyl (C=O) groups is 1. The second kappa shape index (κ2) is 14.6. The first-order valence-electron chi connectivity index (χ1n) is 10.8. The maximum atomic E-state index is 12.2. The van der Waals surface area contributed by atoms with E-state index in [0.29, 0.717) is 43.4 Å². The van der Waals surface area contributed by atoms with E-state index >= 15 is 0 Å². The number of hydrogen-bond acceptors (Lipinski definition) is 8. The van der Waals surface area contributed by atoms with Crippen molar-refractivity contribution in [3.8, 4) is 11.6 Å². The molecule has 0 bridgehead atoms. The zero-order valence-electron chi connectivity index (χ0n) is 18.6. The zero-order chi connectivity index (χ0) is 23.2. The van der Waals surface area contributed by atoms with Crippen molar-refractivity contribution in [2.24, 2.45) is 0 Å². The second-order valence-corrected chi connectivity index (χ2v) is 7.41. The van der Waals surface area contributed by atoms with Crippen molar-refractivity contribution in [2.75, 3.05) is 52.5 Å². The normalized spacial score (nSPS) is 11.9. The van der Waals surface area contributed by atoms with Gasteiger partial charge in [0.1, 0.15) is 25.1 Å². The third-order valence-corrected chi connectivity index (χ3v) is 4.88. The lowest BCUT2D eigenvalue weighted by atomic mass is 10.2. The van der Waals surface area contributed by atoms with E-state index in [2.05, 4.69) is 39.6 Å². The van der Waals surface area contributed by atoms with Gasteiger partial charge in [0.25, 0.3) is 5.91 Å². The molecule has 0 fully saturated rings. The van der Waals surface area contributed by atoms with E-state index < -0.39 is 6.10 Å². The number of halogens is 1. The summed E-state index contributed by atoms with van der Waals surface area (Å²) >= 11 is 5.66. The number of nitrogens with one attached hydrogen (secondary N) is 2. The lowest BCUT2D eigenvalue weighted by Crippen LogP contribution is -2.34. The quantitative estimate of drug-likeness (QED) is 0.340. The molecule has 32 heavy (non-hydrogen) atoms. The largest absolute Gasteiger partial charge is 0.492 e. The Balaban J connectivity index is 1.58. The van der Waals surface area contributed by atoms with Crippen LogP contribution in [0, 0.1) is 0 Å². The topological polar surface area (TPSA) is 109 Å². The van der Waals surface area contributed by atoms with E-state index in [9.17, 15) is 9.90 Å². The fraction of sp³-hybridized carbons (Fsp3) is 0.500. The highest BCUT2D eigenvalue weighted by atomic mass is 35.5. The summed E-state index contributed by atoms with van der Waals surface area (Å²) in [5.74, 6) is 0.889. The van der Waals surface area contributed by atoms with Gasteiger partial charge >= 0.3 is 0 Å². The molecule has 1 aromatic heterocycles. The predicted molar refractivity (Wildman–Crippen MR) is 123 cm³/mol. The zero-order valence-corrected chi connectivity index (χ0v) is 19.3. The molecule has 0 aliphatic carbocycles. The first-order chi connectivity index (χ1) is 15.5. The van der Waals surface area contributed by atoms with Crippen molar-refractivity contribution in [1.82, 2.24) is 25.7 Å². The highest BCUT2D eigenvalue weighted by molar-refractivity contribution is 6.29. The summed E-state index contributed by atoms with van der Waals surface area (Å²) in [6, 6.07) is 10.2. The number of likely N-dealkylation sites (N-methyl/N-ethyl adjacent to an activating group) is 1. The average Bonchev–Trinajstić information content (AvgIpc) is 2.81. The van der Waals surface area contributed by atoms with E-state index in [4.69, 9.17) is 21.1 Å². The SMILES string of the molecule is CCN(CC)CCNC(=O)c1ccc(OCCNCC(O)COc2ccc(Cl)nn2)cc1. The maximum Gasteiger partial charge on any atom is 0.251 e. The maximum absolute atomic E-state index is 12.2. The molecule has 0 aliphatic heterocycles. The summed E-state index contributed by atoms with van der Waals surface area (Å²) in [5.41, 5.74) is 0.600. The molecule has 9 nitrogen and oxygen atoms in total. The summed E-state index contributed by atoms with van der Waals surface area (Å²) < 4.78 is 11.0. The lowest BCUT2D eigenvalue weighted by Gasteiger charge is -2.18. The molecule has 0 saturated carbocycles. The molecule has 10 heteroatoms. The Morgan fingerprint density at radius 1 is 1.09 bits per heavy atom. The van der Waals surface area contributed by atoms with Crippen LogP contribution >= 0.6 is 11.6 Å². The smallest absolute Gasteiger partial charge is 0.251 e. The van der Waals surface area contributed by atoms with Crippen LogP contribution in [0.3, 0.4) is 0 Å². The molecule has 0 aliphatic rings. The first-order valence-corrected chi connectivity index (χ1v) is 11.1. The summed E-state index contributed by atoms with van der Waals surface area (Å²) in [5, 5.41) is 23.7. The van der Waals surface area contributed by atoms with Crippen LogP contribution in [-0.4, -0.2) is 84.7 Å². The number of aliphatic hydroxyl groups excluding tert-OH is 1. The van der Waals surface area contributed by atoms with Gasteiger partial charge in [-0.25, -0.2) is 0 Å². The molecule has 1 amide bonds. The van der Waals surface area contributed by atoms with Crippen LogP contribution < -0.4 is 20.1 Å². The fourth-order valence-corrected chi connectivity index (χ4v) is 2.90. The van der Waals surface area contributed by atoms with Crippen molar-refractivity contribution in [2.45, 2.75) is 20.0 Å². The molecule has 0 saturated heterocycles. The van der Waals surface area contributed by atoms with E-state index in [1.54, 1.807) is 36.4 Å². The van der Waals surface area contributed by atoms with E-state index in [1.807, 2.05) is 0 Å². The average molecular weight is 466 g/mol. The van der Waals surface area contributed by atoms with Crippen LogP contribution in [-0.2, 0) is 0 Å². The molecule has 2 rings (SSSR count). The monoisotopic (exact) mass is 465 g/mol. The van der Waals surface area contributed by atoms with Crippen molar-refractivity contribution in [3.63, 3.8) is 0 Å². The minimum absolute atomic E-state index is 0.0859. The van der Waals surface area contributed by atoms with Crippen LogP contribution in [0.5, 0.6) is 11.6 Å². The van der Waals surface area contributed by atoms with E-state index in [-0.39, 0.29) is 17.7 Å². The number of rotatable bonds is 15. The van der Waals surface area contributed by atoms with Gasteiger partial charge in [-0.1, -0.05) is 25.4 Å². The van der Waals surface area contributed by atoms with Crippen molar-refractivity contribution >= 4 is 17.5 Å². The third kappa shape index (κ3) is 9.78. The molecule has 1 atom stereocenters. The molecular weight excluding hydrogens is 434 g/mol. The van der Waals surface area contributed by atoms with Crippen LogP contribution in [0.1, 0.15) is 24.2 Å². The van der Waals surface area contributed by atoms with Gasteiger partial charge in [-0.05, 0) is 43.4 Å². The Morgan fingerprint density at radius 3 is 2.50 bits per heavy atom. The van der Waals surface area contributed by atoms with Crippen LogP contribution in [0.2, 0.25) is 5.15 Å². The van der Waals surface area contributed by atoms with E-state index in [0.717, 1.165) is 19.6 Å². The van der Waals surface area contributed by atoms with Gasteiger partial charge in [-0.2, -0.15) is 0 Å². The van der Waals surface area contributed by atoms with Gasteiger partial charge in [0, 0.05) is 37.8 Å². The molecule has 1 heterocycles. The number of benzene rings is 1. The Hall–Kier alpha value is -2.46. The summed E-state index contributed by atoms with van der Waals surface area (Å²) in [6.07, 6.45) is -0.702. The summed E-state index contributed by atoms with van der Waals surface area (Å²) in [4.78, 5) is 14.5. The number of hydrogen-bond donors (Lipinski definition) is 3. The number of aromatic nitrogens is 2. The number of carbonyl (C=O) groups excluding carboxylic acids is 1. The van der Waals surface area contributed by atoms with Crippen LogP contribution in [0.15, 0.2) is 36.4 Å². The Morgan fingerprint density at radius 2 is 1.84 bits per heavy atom. The van der Waals surface area contributed by atoms with Crippen LogP contribution in [0.25, 0.3) is 0 Å². The molecule has 3 N–H and O–H groups in total. The van der Waals surface area contributed by atoms with Gasteiger partial charge in [0.05, 0.1) is 0 Å². The van der Waals surface area contributed by atoms with Crippen LogP contribution in [0.4, 0.5) is 0 Å². The minimum Gasteiger partial charge on any atom is -0.492 e. The summed E-state index contributed by atoms with van der Waals surface area (Å²) in [7, 11) is 0. The minimum atomic E-state index is -0.702. The van der Waals surface area contributed by atoms with Crippen molar-refractivity contribution in [3.05, 3.63) is 47.1 Å². The number of aliphatic hydroxyl groups is 1. The molecule has 0 spiro atoms. The molecule has 1 unspecified atom stereocenters. The molecular formula is C22H32ClN5O4. The van der Waals surface area contributed by atoms with Gasteiger partial charge < -0.3 is 30.1 Å². The van der Waals surface area contributed by atoms with Crippen molar-refractivity contribution < 1.29 is 19.4 Å². The standard InChI is InChI=1S/C22H32ClN5O4/c1-3-28(4-2)13-11-25-22(30)17-5-7-19(8-6-17)31-14-12-24-15-18(29)16-32-21-10-9-20(23)26-27-21/h5-10,18,24,29H,3-4,11-16H2,1-2H3,(H,25,30). The molecule has 2 aromatic rings. The highest BCUT2D eigenvalue weighted by Crippen LogP contribution is 2.12. The van der Waals surface area contributed by atoms with Gasteiger partial charge in [-0.15, -0.1) is 10.2 Å². The first kappa shape index (κ1) is 25.8. The summed E-state index contributed by atoms with van der Waals surface area (Å²) in [6.45, 7) is 9.01. The lowest BCUT2D eigenvalue weighted by molar-refractivity contribution is 0.0949. The Kier molecular flexibility index (Phi) is 11.7. The predicted octanol–water partition coefficient (Wildman–Crippen LogP) is 1.61. The number of ether oxygens (including phenoxy) is 2. The highest BCUT2D eigenvalue weighted by Gasteiger charge is 2.08. The molecule has 0 radical (unpaired) electrons.